The molecule has 0 bridgehead atoms. The van der Waals surface area contributed by atoms with Gasteiger partial charge >= 0.3 is 0 Å². The second kappa shape index (κ2) is 3.10. The summed E-state index contributed by atoms with van der Waals surface area (Å²) in [6.45, 7) is 7.72. The lowest BCUT2D eigenvalue weighted by Crippen LogP contribution is -2.29. The number of hydrogen-bond donors (Lipinski definition) is 1. The van der Waals surface area contributed by atoms with Crippen molar-refractivity contribution >= 4 is 11.6 Å². The van der Waals surface area contributed by atoms with Gasteiger partial charge in [-0.1, -0.05) is 13.8 Å². The number of aliphatic hydroxyl groups is 1. The van der Waals surface area contributed by atoms with Crippen LogP contribution in [0.3, 0.4) is 0 Å². The van der Waals surface area contributed by atoms with Crippen LogP contribution in [0.15, 0.2) is 0 Å². The molecule has 0 saturated heterocycles. The van der Waals surface area contributed by atoms with E-state index < -0.39 is 5.60 Å². The van der Waals surface area contributed by atoms with E-state index >= 15 is 0 Å². The van der Waals surface area contributed by atoms with Crippen LogP contribution in [0.4, 0.5) is 0 Å². The quantitative estimate of drug-likeness (QED) is 0.636. The third kappa shape index (κ3) is 5.07. The highest BCUT2D eigenvalue weighted by atomic mass is 35.5. The molecule has 0 spiro atoms. The summed E-state index contributed by atoms with van der Waals surface area (Å²) in [5.74, 6) is 0.594. The molecule has 0 unspecified atom stereocenters. The van der Waals surface area contributed by atoms with Gasteiger partial charge in [0.15, 0.2) is 0 Å². The van der Waals surface area contributed by atoms with E-state index in [-0.39, 0.29) is 5.41 Å². The van der Waals surface area contributed by atoms with Crippen molar-refractivity contribution in [3.8, 4) is 0 Å². The largest absolute Gasteiger partial charge is 0.390 e. The smallest absolute Gasteiger partial charge is 0.0597 e. The van der Waals surface area contributed by atoms with Crippen LogP contribution in [0.2, 0.25) is 0 Å². The molecule has 0 aromatic carbocycles. The van der Waals surface area contributed by atoms with Crippen molar-refractivity contribution in [3.63, 3.8) is 0 Å². The second-order valence-corrected chi connectivity index (χ2v) is 4.55. The Morgan fingerprint density at radius 2 is 1.60 bits per heavy atom. The van der Waals surface area contributed by atoms with Crippen molar-refractivity contribution in [2.75, 3.05) is 5.88 Å². The molecule has 1 nitrogen and oxygen atoms in total. The normalized spacial score (nSPS) is 13.8. The molecule has 0 saturated carbocycles. The summed E-state index contributed by atoms with van der Waals surface area (Å²) in [6, 6.07) is 0. The van der Waals surface area contributed by atoms with Gasteiger partial charge in [-0.05, 0) is 25.7 Å². The van der Waals surface area contributed by atoms with Crippen LogP contribution in [0.5, 0.6) is 0 Å². The minimum absolute atomic E-state index is 0.0415. The van der Waals surface area contributed by atoms with Crippen LogP contribution in [-0.2, 0) is 0 Å². The van der Waals surface area contributed by atoms with Crippen molar-refractivity contribution in [2.45, 2.75) is 39.7 Å². The summed E-state index contributed by atoms with van der Waals surface area (Å²) in [4.78, 5) is 0. The lowest BCUT2D eigenvalue weighted by atomic mass is 9.84. The van der Waals surface area contributed by atoms with Crippen molar-refractivity contribution < 1.29 is 5.11 Å². The number of rotatable bonds is 3. The minimum Gasteiger partial charge on any atom is -0.390 e. The molecule has 0 fully saturated rings. The first kappa shape index (κ1) is 10.2. The molecule has 0 aliphatic rings. The van der Waals surface area contributed by atoms with Crippen molar-refractivity contribution in [2.24, 2.45) is 5.41 Å². The first-order chi connectivity index (χ1) is 4.27. The molecule has 1 N–H and O–H groups in total. The van der Waals surface area contributed by atoms with Crippen LogP contribution >= 0.6 is 11.6 Å². The zero-order valence-corrected chi connectivity index (χ0v) is 8.00. The number of halogens is 1. The first-order valence-corrected chi connectivity index (χ1v) is 4.09. The topological polar surface area (TPSA) is 20.2 Å². The molecular formula is C8H17ClO. The third-order valence-electron chi connectivity index (χ3n) is 1.27. The summed E-state index contributed by atoms with van der Waals surface area (Å²) in [7, 11) is 0. The van der Waals surface area contributed by atoms with Crippen LogP contribution in [0.25, 0.3) is 0 Å². The Hall–Kier alpha value is 0.250. The molecule has 0 radical (unpaired) electrons. The van der Waals surface area contributed by atoms with Gasteiger partial charge in [0.2, 0.25) is 0 Å². The van der Waals surface area contributed by atoms with Crippen LogP contribution in [-0.4, -0.2) is 16.6 Å². The molecule has 2 heteroatoms. The summed E-state index contributed by atoms with van der Waals surface area (Å²) in [5, 5.41) is 9.43. The lowest BCUT2D eigenvalue weighted by molar-refractivity contribution is 0.0379. The van der Waals surface area contributed by atoms with Crippen molar-refractivity contribution in [1.82, 2.24) is 0 Å². The molecule has 0 atom stereocenters. The van der Waals surface area contributed by atoms with Gasteiger partial charge < -0.3 is 5.11 Å². The predicted molar refractivity (Wildman–Crippen MR) is 45.4 cm³/mol. The SMILES string of the molecule is CC(C)(O)CC(C)(C)CCl. The Kier molecular flexibility index (Phi) is 3.18. The molecule has 0 amide bonds. The summed E-state index contributed by atoms with van der Waals surface area (Å²) in [6.07, 6.45) is 0.740. The van der Waals surface area contributed by atoms with Gasteiger partial charge in [0.1, 0.15) is 0 Å². The maximum absolute atomic E-state index is 9.43. The average Bonchev–Trinajstić information content (AvgIpc) is 1.60. The Labute approximate surface area is 68.4 Å². The van der Waals surface area contributed by atoms with E-state index in [1.54, 1.807) is 13.8 Å². The lowest BCUT2D eigenvalue weighted by Gasteiger charge is -2.29. The van der Waals surface area contributed by atoms with E-state index in [0.717, 1.165) is 6.42 Å². The molecule has 0 rings (SSSR count). The molecule has 0 aliphatic heterocycles. The fourth-order valence-electron chi connectivity index (χ4n) is 1.22. The monoisotopic (exact) mass is 164 g/mol. The highest BCUT2D eigenvalue weighted by Gasteiger charge is 2.25. The Bertz CT molecular complexity index is 102. The molecular weight excluding hydrogens is 148 g/mol. The van der Waals surface area contributed by atoms with Gasteiger partial charge in [-0.25, -0.2) is 0 Å². The van der Waals surface area contributed by atoms with Crippen molar-refractivity contribution in [3.05, 3.63) is 0 Å². The van der Waals surface area contributed by atoms with Crippen molar-refractivity contribution in [1.29, 1.82) is 0 Å². The summed E-state index contributed by atoms with van der Waals surface area (Å²) >= 11 is 5.69. The number of alkyl halides is 1. The second-order valence-electron chi connectivity index (χ2n) is 4.29. The van der Waals surface area contributed by atoms with Gasteiger partial charge in [-0.15, -0.1) is 11.6 Å². The van der Waals surface area contributed by atoms with E-state index in [1.165, 1.54) is 0 Å². The van der Waals surface area contributed by atoms with E-state index in [0.29, 0.717) is 5.88 Å². The van der Waals surface area contributed by atoms with E-state index in [4.69, 9.17) is 11.6 Å². The standard InChI is InChI=1S/C8H17ClO/c1-7(2,6-9)5-8(3,4)10/h10H,5-6H2,1-4H3. The Morgan fingerprint density at radius 3 is 1.70 bits per heavy atom. The molecule has 0 aromatic rings. The molecule has 0 aliphatic carbocycles. The maximum Gasteiger partial charge on any atom is 0.0597 e. The fraction of sp³-hybridized carbons (Fsp3) is 1.00. The van der Waals surface area contributed by atoms with E-state index in [2.05, 4.69) is 13.8 Å². The zero-order chi connectivity index (χ0) is 8.41. The third-order valence-corrected chi connectivity index (χ3v) is 2.00. The summed E-state index contributed by atoms with van der Waals surface area (Å²) < 4.78 is 0. The average molecular weight is 165 g/mol. The highest BCUT2D eigenvalue weighted by Crippen LogP contribution is 2.28. The molecule has 62 valence electrons. The zero-order valence-electron chi connectivity index (χ0n) is 7.24. The fourth-order valence-corrected chi connectivity index (χ4v) is 1.31. The van der Waals surface area contributed by atoms with Crippen LogP contribution in [0, 0.1) is 5.41 Å². The van der Waals surface area contributed by atoms with Gasteiger partial charge in [0.25, 0.3) is 0 Å². The van der Waals surface area contributed by atoms with E-state index in [9.17, 15) is 5.11 Å². The minimum atomic E-state index is -0.599. The van der Waals surface area contributed by atoms with Crippen LogP contribution < -0.4 is 0 Å². The predicted octanol–water partition coefficient (Wildman–Crippen LogP) is 2.41. The molecule has 0 heterocycles. The van der Waals surface area contributed by atoms with E-state index in [1.807, 2.05) is 0 Å². The summed E-state index contributed by atoms with van der Waals surface area (Å²) in [5.41, 5.74) is -0.557. The maximum atomic E-state index is 9.43. The molecule has 0 aromatic heterocycles. The first-order valence-electron chi connectivity index (χ1n) is 3.55. The van der Waals surface area contributed by atoms with Gasteiger partial charge in [-0.2, -0.15) is 0 Å². The Morgan fingerprint density at radius 1 is 1.20 bits per heavy atom. The number of hydrogen-bond acceptors (Lipinski definition) is 1. The van der Waals surface area contributed by atoms with Gasteiger partial charge in [0.05, 0.1) is 5.60 Å². The van der Waals surface area contributed by atoms with Gasteiger partial charge in [0, 0.05) is 5.88 Å². The molecule has 10 heavy (non-hydrogen) atoms. The van der Waals surface area contributed by atoms with Gasteiger partial charge in [-0.3, -0.25) is 0 Å². The highest BCUT2D eigenvalue weighted by molar-refractivity contribution is 6.18. The Balaban J connectivity index is 3.89. The van der Waals surface area contributed by atoms with Crippen LogP contribution in [0.1, 0.15) is 34.1 Å².